The van der Waals surface area contributed by atoms with E-state index in [0.29, 0.717) is 6.42 Å². The lowest BCUT2D eigenvalue weighted by Crippen LogP contribution is -2.63. The van der Waals surface area contributed by atoms with Gasteiger partial charge in [-0.1, -0.05) is 40.5 Å². The highest BCUT2D eigenvalue weighted by Gasteiger charge is 2.40. The summed E-state index contributed by atoms with van der Waals surface area (Å²) in [5, 5.41) is 24.4. The van der Waals surface area contributed by atoms with E-state index in [1.165, 1.54) is 0 Å². The molecule has 6 nitrogen and oxygen atoms in total. The number of carbonyl (C=O) groups excluding carboxylic acids is 2. The van der Waals surface area contributed by atoms with Crippen LogP contribution in [0.2, 0.25) is 0 Å². The molecule has 0 aliphatic carbocycles. The van der Waals surface area contributed by atoms with E-state index in [4.69, 9.17) is 0 Å². The third-order valence-corrected chi connectivity index (χ3v) is 4.46. The fraction of sp³-hybridized carbons (Fsp3) is 0.882. The molecular weight excluding hydrogens is 296 g/mol. The number of hydrogen-bond donors (Lipinski definition) is 4. The van der Waals surface area contributed by atoms with E-state index in [0.717, 1.165) is 19.3 Å². The monoisotopic (exact) mass is 330 g/mol. The number of amides is 2. The van der Waals surface area contributed by atoms with Crippen LogP contribution in [0.1, 0.15) is 60.3 Å². The Morgan fingerprint density at radius 2 is 1.70 bits per heavy atom. The summed E-state index contributed by atoms with van der Waals surface area (Å²) in [4.78, 5) is 24.8. The number of nitrogens with one attached hydrogen (secondary N) is 2. The summed E-state index contributed by atoms with van der Waals surface area (Å²) in [6.45, 7) is 8.81. The highest BCUT2D eigenvalue weighted by molar-refractivity contribution is 5.91. The molecule has 0 aromatic rings. The lowest BCUT2D eigenvalue weighted by molar-refractivity contribution is -0.136. The number of rotatable bonds is 11. The Labute approximate surface area is 140 Å². The smallest absolute Gasteiger partial charge is 0.246 e. The summed E-state index contributed by atoms with van der Waals surface area (Å²) in [5.74, 6) is -0.945. The lowest BCUT2D eigenvalue weighted by atomic mass is 9.85. The first kappa shape index (κ1) is 21.9. The number of hydrogen-bond acceptors (Lipinski definition) is 4. The summed E-state index contributed by atoms with van der Waals surface area (Å²) in [6.07, 6.45) is 3.12. The molecule has 0 spiro atoms. The number of aliphatic hydroxyl groups is 2. The Morgan fingerprint density at radius 3 is 2.13 bits per heavy atom. The second-order valence-corrected chi connectivity index (χ2v) is 6.80. The largest absolute Gasteiger partial charge is 0.396 e. The maximum absolute atomic E-state index is 12.7. The zero-order valence-electron chi connectivity index (χ0n) is 15.2. The van der Waals surface area contributed by atoms with Gasteiger partial charge in [-0.3, -0.25) is 9.59 Å². The van der Waals surface area contributed by atoms with E-state index in [1.807, 2.05) is 13.8 Å². The van der Waals surface area contributed by atoms with Crippen molar-refractivity contribution >= 4 is 11.8 Å². The average molecular weight is 330 g/mol. The summed E-state index contributed by atoms with van der Waals surface area (Å²) >= 11 is 0. The molecule has 0 saturated carbocycles. The fourth-order valence-corrected chi connectivity index (χ4v) is 2.22. The van der Waals surface area contributed by atoms with Gasteiger partial charge >= 0.3 is 0 Å². The minimum atomic E-state index is -1.21. The maximum atomic E-state index is 12.7. The number of unbranched alkanes of at least 4 members (excludes halogenated alkanes) is 2. The van der Waals surface area contributed by atoms with Crippen molar-refractivity contribution < 1.29 is 19.8 Å². The van der Waals surface area contributed by atoms with Gasteiger partial charge in [0.25, 0.3) is 0 Å². The predicted molar refractivity (Wildman–Crippen MR) is 90.8 cm³/mol. The summed E-state index contributed by atoms with van der Waals surface area (Å²) in [7, 11) is 0. The van der Waals surface area contributed by atoms with Gasteiger partial charge in [0.2, 0.25) is 11.8 Å². The lowest BCUT2D eigenvalue weighted by Gasteiger charge is -2.36. The molecular formula is C17H34N2O4. The van der Waals surface area contributed by atoms with Crippen molar-refractivity contribution in [2.75, 3.05) is 13.2 Å². The van der Waals surface area contributed by atoms with Crippen molar-refractivity contribution in [1.82, 2.24) is 10.6 Å². The van der Waals surface area contributed by atoms with Crippen molar-refractivity contribution in [1.29, 1.82) is 0 Å². The highest BCUT2D eigenvalue weighted by Crippen LogP contribution is 2.19. The third kappa shape index (κ3) is 6.87. The van der Waals surface area contributed by atoms with Gasteiger partial charge in [0, 0.05) is 18.9 Å². The van der Waals surface area contributed by atoms with Gasteiger partial charge < -0.3 is 20.8 Å². The van der Waals surface area contributed by atoms with Crippen LogP contribution >= 0.6 is 0 Å². The van der Waals surface area contributed by atoms with Crippen molar-refractivity contribution in [3.8, 4) is 0 Å². The first-order valence-corrected chi connectivity index (χ1v) is 8.56. The minimum Gasteiger partial charge on any atom is -0.396 e. The average Bonchev–Trinajstić information content (AvgIpc) is 2.50. The second-order valence-electron chi connectivity index (χ2n) is 6.80. The van der Waals surface area contributed by atoms with Gasteiger partial charge in [-0.15, -0.1) is 0 Å². The van der Waals surface area contributed by atoms with Crippen LogP contribution < -0.4 is 10.6 Å². The number of carbonyl (C=O) groups is 2. The van der Waals surface area contributed by atoms with Crippen LogP contribution in [0.15, 0.2) is 0 Å². The molecule has 136 valence electrons. The molecule has 0 aromatic carbocycles. The predicted octanol–water partition coefficient (Wildman–Crippen LogP) is 1.20. The second kappa shape index (κ2) is 10.6. The molecule has 0 rings (SSSR count). The van der Waals surface area contributed by atoms with Crippen LogP contribution in [0.4, 0.5) is 0 Å². The quantitative estimate of drug-likeness (QED) is 0.428. The third-order valence-electron chi connectivity index (χ3n) is 4.46. The molecule has 2 amide bonds. The molecule has 0 aliphatic rings. The highest BCUT2D eigenvalue weighted by atomic mass is 16.3. The Balaban J connectivity index is 5.02. The molecule has 23 heavy (non-hydrogen) atoms. The number of aliphatic hydroxyl groups excluding tert-OH is 2. The first-order chi connectivity index (χ1) is 10.7. The van der Waals surface area contributed by atoms with Crippen molar-refractivity contribution in [3.05, 3.63) is 0 Å². The van der Waals surface area contributed by atoms with E-state index in [1.54, 1.807) is 13.8 Å². The van der Waals surface area contributed by atoms with E-state index >= 15 is 0 Å². The zero-order valence-corrected chi connectivity index (χ0v) is 15.2. The summed E-state index contributed by atoms with van der Waals surface area (Å²) < 4.78 is 0. The van der Waals surface area contributed by atoms with E-state index in [9.17, 15) is 19.8 Å². The molecule has 6 heteroatoms. The SMILES string of the molecule is CCCCCC(=O)N[C@](C)(C(=O)N[C@H](CO)C(C)C)C(C)CO. The van der Waals surface area contributed by atoms with Gasteiger partial charge in [-0.25, -0.2) is 0 Å². The topological polar surface area (TPSA) is 98.7 Å². The van der Waals surface area contributed by atoms with Gasteiger partial charge in [0.15, 0.2) is 0 Å². The molecule has 0 saturated heterocycles. The van der Waals surface area contributed by atoms with Gasteiger partial charge in [-0.05, 0) is 19.3 Å². The molecule has 4 N–H and O–H groups in total. The molecule has 0 aromatic heterocycles. The van der Waals surface area contributed by atoms with Crippen LogP contribution in [0.3, 0.4) is 0 Å². The van der Waals surface area contributed by atoms with Crippen LogP contribution in [0, 0.1) is 11.8 Å². The van der Waals surface area contributed by atoms with Crippen LogP contribution in [0.5, 0.6) is 0 Å². The van der Waals surface area contributed by atoms with Crippen molar-refractivity contribution in [2.45, 2.75) is 71.9 Å². The van der Waals surface area contributed by atoms with Crippen LogP contribution in [-0.4, -0.2) is 46.8 Å². The Hall–Kier alpha value is -1.14. The normalized spacial score (nSPS) is 16.5. The van der Waals surface area contributed by atoms with Gasteiger partial charge in [-0.2, -0.15) is 0 Å². The molecule has 0 fully saturated rings. The van der Waals surface area contributed by atoms with E-state index in [-0.39, 0.29) is 37.0 Å². The van der Waals surface area contributed by atoms with Crippen molar-refractivity contribution in [3.63, 3.8) is 0 Å². The zero-order chi connectivity index (χ0) is 18.0. The molecule has 0 heterocycles. The molecule has 0 bridgehead atoms. The molecule has 3 atom stereocenters. The Bertz CT molecular complexity index is 374. The van der Waals surface area contributed by atoms with Gasteiger partial charge in [0.05, 0.1) is 12.6 Å². The summed E-state index contributed by atoms with van der Waals surface area (Å²) in [6, 6.07) is -0.385. The standard InChI is InChI=1S/C17H34N2O4/c1-6-7-8-9-15(22)19-17(5,13(4)10-20)16(23)18-14(11-21)12(2)3/h12-14,20-21H,6-11H2,1-5H3,(H,18,23)(H,19,22)/t13?,14-,17+/m1/s1. The van der Waals surface area contributed by atoms with Crippen LogP contribution in [-0.2, 0) is 9.59 Å². The van der Waals surface area contributed by atoms with Gasteiger partial charge in [0.1, 0.15) is 5.54 Å². The Kier molecular flexibility index (Phi) is 10.1. The minimum absolute atomic E-state index is 0.0675. The molecule has 0 radical (unpaired) electrons. The molecule has 0 aliphatic heterocycles. The van der Waals surface area contributed by atoms with E-state index < -0.39 is 11.5 Å². The summed E-state index contributed by atoms with van der Waals surface area (Å²) in [5.41, 5.74) is -1.21. The first-order valence-electron chi connectivity index (χ1n) is 8.56. The fourth-order valence-electron chi connectivity index (χ4n) is 2.22. The Morgan fingerprint density at radius 1 is 1.09 bits per heavy atom. The van der Waals surface area contributed by atoms with Crippen LogP contribution in [0.25, 0.3) is 0 Å². The van der Waals surface area contributed by atoms with E-state index in [2.05, 4.69) is 17.6 Å². The maximum Gasteiger partial charge on any atom is 0.246 e. The molecule has 1 unspecified atom stereocenters. The van der Waals surface area contributed by atoms with Crippen molar-refractivity contribution in [2.24, 2.45) is 11.8 Å².